The van der Waals surface area contributed by atoms with Crippen LogP contribution >= 0.6 is 0 Å². The van der Waals surface area contributed by atoms with E-state index in [9.17, 15) is 0 Å². The monoisotopic (exact) mass is 914 g/mol. The Morgan fingerprint density at radius 2 is 0.458 bits per heavy atom. The number of benzene rings is 12. The summed E-state index contributed by atoms with van der Waals surface area (Å²) in [5.74, 6) is 1.38. The third-order valence-corrected chi connectivity index (χ3v) is 14.2. The van der Waals surface area contributed by atoms with Crippen molar-refractivity contribution in [3.63, 3.8) is 0 Å². The molecule has 12 aromatic carbocycles. The van der Waals surface area contributed by atoms with E-state index >= 15 is 0 Å². The Balaban J connectivity index is 0.863. The third kappa shape index (κ3) is 7.33. The average molecular weight is 915 g/mol. The Labute approximate surface area is 416 Å². The minimum Gasteiger partial charge on any atom is -0.228 e. The number of fused-ring (bicyclic) bond motifs is 6. The van der Waals surface area contributed by atoms with Gasteiger partial charge < -0.3 is 0 Å². The van der Waals surface area contributed by atoms with Crippen molar-refractivity contribution in [2.24, 2.45) is 0 Å². The Morgan fingerprint density at radius 1 is 0.181 bits per heavy atom. The lowest BCUT2D eigenvalue weighted by atomic mass is 9.93. The second-order valence-corrected chi connectivity index (χ2v) is 18.6. The largest absolute Gasteiger partial charge is 0.228 e. The summed E-state index contributed by atoms with van der Waals surface area (Å²) >= 11 is 0. The van der Waals surface area contributed by atoms with Gasteiger partial charge in [-0.25, -0.2) is 19.9 Å². The van der Waals surface area contributed by atoms with Crippen LogP contribution in [0, 0.1) is 0 Å². The maximum atomic E-state index is 5.37. The highest BCUT2D eigenvalue weighted by molar-refractivity contribution is 6.13. The highest BCUT2D eigenvalue weighted by Crippen LogP contribution is 2.41. The second kappa shape index (κ2) is 17.1. The molecular formula is C68H42N4. The molecule has 14 aromatic rings. The molecule has 2 aromatic heterocycles. The highest BCUT2D eigenvalue weighted by atomic mass is 14.9. The smallest absolute Gasteiger partial charge is 0.160 e. The summed E-state index contributed by atoms with van der Waals surface area (Å²) in [5, 5.41) is 14.0. The molecule has 0 aliphatic heterocycles. The summed E-state index contributed by atoms with van der Waals surface area (Å²) in [6.07, 6.45) is 0. The van der Waals surface area contributed by atoms with Crippen LogP contribution in [0.1, 0.15) is 0 Å². The van der Waals surface area contributed by atoms with Gasteiger partial charge in [-0.2, -0.15) is 0 Å². The van der Waals surface area contributed by atoms with Crippen molar-refractivity contribution in [1.29, 1.82) is 0 Å². The molecule has 0 amide bonds. The fourth-order valence-electron chi connectivity index (χ4n) is 10.6. The number of aromatic nitrogens is 4. The van der Waals surface area contributed by atoms with Gasteiger partial charge in [-0.05, 0) is 112 Å². The zero-order valence-corrected chi connectivity index (χ0v) is 39.0. The Kier molecular flexibility index (Phi) is 9.82. The first-order valence-corrected chi connectivity index (χ1v) is 24.4. The fraction of sp³-hybridized carbons (Fsp3) is 0. The highest BCUT2D eigenvalue weighted by Gasteiger charge is 2.19. The predicted molar refractivity (Wildman–Crippen MR) is 301 cm³/mol. The molecule has 0 unspecified atom stereocenters. The molecule has 0 N–H and O–H groups in total. The van der Waals surface area contributed by atoms with Crippen LogP contribution < -0.4 is 0 Å². The molecule has 14 rings (SSSR count). The SMILES string of the molecule is c1ccc2cc(-c3nc(-c4ccc(-c5ccc(-c6cc(-c7c8ccccc8cc8ccccc78)nc(-c7ccc8ccccc8c7)n6)cc5)cc4)cc(-c4c5ccccc5cc5ccccc45)n3)ccc2c1. The van der Waals surface area contributed by atoms with E-state index in [1.165, 1.54) is 32.3 Å². The maximum Gasteiger partial charge on any atom is 0.160 e. The topological polar surface area (TPSA) is 51.6 Å². The number of rotatable bonds is 7. The molecule has 0 aliphatic rings. The van der Waals surface area contributed by atoms with E-state index in [1.54, 1.807) is 0 Å². The molecule has 72 heavy (non-hydrogen) atoms. The standard InChI is InChI=1S/C68H42N4/c1-3-15-49-37-55(35-29-43(49)13-1)67-69-61(41-63(71-67)65-57-21-9-5-17-51(57)39-52-18-6-10-22-58(52)65)47-31-25-45(26-32-47)46-27-33-48(34-28-46)62-42-64(72-68(70-62)56-36-30-44-14-2-4-16-50(44)38-56)66-59-23-11-7-19-53(59)40-54-20-8-12-24-60(54)66/h1-42H. The van der Waals surface area contributed by atoms with Crippen LogP contribution in [0.4, 0.5) is 0 Å². The van der Waals surface area contributed by atoms with E-state index < -0.39 is 0 Å². The number of hydrogen-bond donors (Lipinski definition) is 0. The molecular weight excluding hydrogens is 873 g/mol. The normalized spacial score (nSPS) is 11.6. The summed E-state index contributed by atoms with van der Waals surface area (Å²) < 4.78 is 0. The molecule has 0 atom stereocenters. The fourth-order valence-corrected chi connectivity index (χ4v) is 10.6. The minimum absolute atomic E-state index is 0.690. The van der Waals surface area contributed by atoms with Gasteiger partial charge in [-0.3, -0.25) is 0 Å². The molecule has 4 nitrogen and oxygen atoms in total. The van der Waals surface area contributed by atoms with Gasteiger partial charge in [0.15, 0.2) is 11.6 Å². The second-order valence-electron chi connectivity index (χ2n) is 18.6. The first-order valence-electron chi connectivity index (χ1n) is 24.4. The third-order valence-electron chi connectivity index (χ3n) is 14.2. The van der Waals surface area contributed by atoms with Crippen LogP contribution in [-0.2, 0) is 0 Å². The lowest BCUT2D eigenvalue weighted by Gasteiger charge is -2.15. The van der Waals surface area contributed by atoms with Crippen molar-refractivity contribution in [1.82, 2.24) is 19.9 Å². The Bertz CT molecular complexity index is 4050. The van der Waals surface area contributed by atoms with Gasteiger partial charge in [0.25, 0.3) is 0 Å². The van der Waals surface area contributed by atoms with E-state index in [4.69, 9.17) is 19.9 Å². The van der Waals surface area contributed by atoms with E-state index in [-0.39, 0.29) is 0 Å². The summed E-state index contributed by atoms with van der Waals surface area (Å²) in [5.41, 5.74) is 11.9. The van der Waals surface area contributed by atoms with Crippen LogP contribution in [0.5, 0.6) is 0 Å². The van der Waals surface area contributed by atoms with Crippen molar-refractivity contribution >= 4 is 64.6 Å². The summed E-state index contributed by atoms with van der Waals surface area (Å²) in [6, 6.07) is 90.7. The first-order chi connectivity index (χ1) is 35.6. The molecule has 0 saturated carbocycles. The molecule has 0 bridgehead atoms. The molecule has 334 valence electrons. The van der Waals surface area contributed by atoms with Crippen molar-refractivity contribution in [2.45, 2.75) is 0 Å². The van der Waals surface area contributed by atoms with Gasteiger partial charge in [0.1, 0.15) is 0 Å². The number of nitrogens with zero attached hydrogens (tertiary/aromatic N) is 4. The van der Waals surface area contributed by atoms with Gasteiger partial charge in [-0.1, -0.05) is 218 Å². The Morgan fingerprint density at radius 3 is 0.819 bits per heavy atom. The molecule has 4 heteroatoms. The summed E-state index contributed by atoms with van der Waals surface area (Å²) in [7, 11) is 0. The summed E-state index contributed by atoms with van der Waals surface area (Å²) in [4.78, 5) is 21.3. The van der Waals surface area contributed by atoms with E-state index in [1.807, 2.05) is 0 Å². The summed E-state index contributed by atoms with van der Waals surface area (Å²) in [6.45, 7) is 0. The van der Waals surface area contributed by atoms with Gasteiger partial charge in [0, 0.05) is 33.4 Å². The molecule has 2 heterocycles. The molecule has 0 radical (unpaired) electrons. The van der Waals surface area contributed by atoms with Crippen LogP contribution in [0.25, 0.3) is 144 Å². The zero-order chi connectivity index (χ0) is 47.5. The van der Waals surface area contributed by atoms with Crippen molar-refractivity contribution in [3.8, 4) is 78.9 Å². The quantitative estimate of drug-likeness (QED) is 0.150. The van der Waals surface area contributed by atoms with Crippen LogP contribution in [-0.4, -0.2) is 19.9 Å². The maximum absolute atomic E-state index is 5.37. The van der Waals surface area contributed by atoms with Gasteiger partial charge in [-0.15, -0.1) is 0 Å². The molecule has 0 fully saturated rings. The van der Waals surface area contributed by atoms with E-state index in [2.05, 4.69) is 255 Å². The predicted octanol–water partition coefficient (Wildman–Crippen LogP) is 17.9. The lowest BCUT2D eigenvalue weighted by molar-refractivity contribution is 1.19. The van der Waals surface area contributed by atoms with Crippen molar-refractivity contribution < 1.29 is 0 Å². The molecule has 0 spiro atoms. The van der Waals surface area contributed by atoms with Crippen LogP contribution in [0.3, 0.4) is 0 Å². The lowest BCUT2D eigenvalue weighted by Crippen LogP contribution is -1.97. The molecule has 0 saturated heterocycles. The van der Waals surface area contributed by atoms with Gasteiger partial charge in [0.2, 0.25) is 0 Å². The van der Waals surface area contributed by atoms with Gasteiger partial charge >= 0.3 is 0 Å². The van der Waals surface area contributed by atoms with E-state index in [0.29, 0.717) is 11.6 Å². The van der Waals surface area contributed by atoms with Crippen molar-refractivity contribution in [2.75, 3.05) is 0 Å². The van der Waals surface area contributed by atoms with Crippen LogP contribution in [0.2, 0.25) is 0 Å². The Hall–Kier alpha value is -9.64. The van der Waals surface area contributed by atoms with Crippen LogP contribution in [0.15, 0.2) is 255 Å². The van der Waals surface area contributed by atoms with Crippen molar-refractivity contribution in [3.05, 3.63) is 255 Å². The minimum atomic E-state index is 0.690. The first kappa shape index (κ1) is 41.3. The van der Waals surface area contributed by atoms with Gasteiger partial charge in [0.05, 0.1) is 22.8 Å². The zero-order valence-electron chi connectivity index (χ0n) is 39.0. The molecule has 0 aliphatic carbocycles. The number of hydrogen-bond acceptors (Lipinski definition) is 4. The van der Waals surface area contributed by atoms with E-state index in [0.717, 1.165) is 99.6 Å². The average Bonchev–Trinajstić information content (AvgIpc) is 3.45.